The summed E-state index contributed by atoms with van der Waals surface area (Å²) < 4.78 is 0. The Labute approximate surface area is 129 Å². The summed E-state index contributed by atoms with van der Waals surface area (Å²) in [5.41, 5.74) is 4.01. The van der Waals surface area contributed by atoms with Gasteiger partial charge in [0.1, 0.15) is 0 Å². The van der Waals surface area contributed by atoms with E-state index in [4.69, 9.17) is 5.26 Å². The molecule has 21 heavy (non-hydrogen) atoms. The molecule has 0 unspecified atom stereocenters. The molecular formula is C18H27N3. The average molecular weight is 285 g/mol. The molecule has 0 spiro atoms. The van der Waals surface area contributed by atoms with Crippen LogP contribution in [0.5, 0.6) is 0 Å². The van der Waals surface area contributed by atoms with Crippen LogP contribution in [0.3, 0.4) is 0 Å². The van der Waals surface area contributed by atoms with E-state index < -0.39 is 0 Å². The first-order chi connectivity index (χ1) is 10.0. The molecule has 1 aliphatic heterocycles. The van der Waals surface area contributed by atoms with Crippen LogP contribution in [0.15, 0.2) is 18.2 Å². The molecule has 1 fully saturated rings. The van der Waals surface area contributed by atoms with Crippen LogP contribution in [0.25, 0.3) is 0 Å². The average Bonchev–Trinajstić information content (AvgIpc) is 2.98. The second-order valence-electron chi connectivity index (χ2n) is 6.87. The lowest BCUT2D eigenvalue weighted by molar-refractivity contribution is 0.364. The summed E-state index contributed by atoms with van der Waals surface area (Å²) in [5, 5.41) is 12.3. The van der Waals surface area contributed by atoms with E-state index >= 15 is 0 Å². The molecule has 114 valence electrons. The Bertz CT molecular complexity index is 508. The fourth-order valence-corrected chi connectivity index (χ4v) is 2.84. The Morgan fingerprint density at radius 3 is 2.62 bits per heavy atom. The Kier molecular flexibility index (Phi) is 5.12. The summed E-state index contributed by atoms with van der Waals surface area (Å²) in [6, 6.07) is 8.95. The van der Waals surface area contributed by atoms with Gasteiger partial charge in [-0.1, -0.05) is 13.8 Å². The van der Waals surface area contributed by atoms with E-state index in [1.54, 1.807) is 0 Å². The molecule has 0 saturated carbocycles. The lowest BCUT2D eigenvalue weighted by atomic mass is 9.88. The molecule has 1 saturated heterocycles. The van der Waals surface area contributed by atoms with Crippen LogP contribution in [-0.4, -0.2) is 19.6 Å². The van der Waals surface area contributed by atoms with E-state index in [0.717, 1.165) is 13.0 Å². The minimum absolute atomic E-state index is 0.149. The molecule has 1 aromatic rings. The van der Waals surface area contributed by atoms with Crippen molar-refractivity contribution >= 4 is 11.4 Å². The number of benzene rings is 1. The van der Waals surface area contributed by atoms with E-state index in [9.17, 15) is 0 Å². The van der Waals surface area contributed by atoms with Gasteiger partial charge in [-0.2, -0.15) is 5.26 Å². The zero-order valence-electron chi connectivity index (χ0n) is 13.6. The van der Waals surface area contributed by atoms with Gasteiger partial charge in [-0.25, -0.2) is 0 Å². The third-order valence-electron chi connectivity index (χ3n) is 4.35. The van der Waals surface area contributed by atoms with Crippen molar-refractivity contribution in [1.29, 1.82) is 5.26 Å². The standard InChI is InChI=1S/C18H27N3/c1-15-13-16(21-11-4-5-12-21)7-8-17(15)20-14-18(2,3)9-6-10-19/h7-8,13,20H,4-6,9,11-12,14H2,1-3H3. The van der Waals surface area contributed by atoms with Gasteiger partial charge in [0.2, 0.25) is 0 Å². The molecule has 0 atom stereocenters. The normalized spacial score (nSPS) is 15.0. The molecule has 2 rings (SSSR count). The molecule has 3 heteroatoms. The van der Waals surface area contributed by atoms with Crippen molar-refractivity contribution in [3.8, 4) is 6.07 Å². The fraction of sp³-hybridized carbons (Fsp3) is 0.611. The van der Waals surface area contributed by atoms with Gasteiger partial charge in [0.25, 0.3) is 0 Å². The predicted molar refractivity (Wildman–Crippen MR) is 89.7 cm³/mol. The number of aryl methyl sites for hydroxylation is 1. The highest BCUT2D eigenvalue weighted by Crippen LogP contribution is 2.27. The van der Waals surface area contributed by atoms with Gasteiger partial charge in [0, 0.05) is 37.4 Å². The van der Waals surface area contributed by atoms with Gasteiger partial charge in [-0.05, 0) is 55.4 Å². The number of nitrogens with one attached hydrogen (secondary N) is 1. The quantitative estimate of drug-likeness (QED) is 0.845. The van der Waals surface area contributed by atoms with Crippen molar-refractivity contribution in [2.45, 2.75) is 46.5 Å². The Balaban J connectivity index is 1.96. The molecule has 0 radical (unpaired) electrons. The number of hydrogen-bond acceptors (Lipinski definition) is 3. The first-order valence-corrected chi connectivity index (χ1v) is 7.98. The number of nitriles is 1. The monoisotopic (exact) mass is 285 g/mol. The molecule has 0 aliphatic carbocycles. The maximum Gasteiger partial charge on any atom is 0.0621 e. The summed E-state index contributed by atoms with van der Waals surface area (Å²) in [6.45, 7) is 9.88. The van der Waals surface area contributed by atoms with E-state index in [1.165, 1.54) is 42.9 Å². The van der Waals surface area contributed by atoms with Crippen LogP contribution < -0.4 is 10.2 Å². The first-order valence-electron chi connectivity index (χ1n) is 7.98. The molecule has 1 N–H and O–H groups in total. The Hall–Kier alpha value is -1.69. The van der Waals surface area contributed by atoms with Crippen LogP contribution in [-0.2, 0) is 0 Å². The highest BCUT2D eigenvalue weighted by atomic mass is 15.1. The van der Waals surface area contributed by atoms with Gasteiger partial charge in [0.15, 0.2) is 0 Å². The van der Waals surface area contributed by atoms with E-state index in [0.29, 0.717) is 6.42 Å². The number of anilines is 2. The van der Waals surface area contributed by atoms with Gasteiger partial charge in [-0.15, -0.1) is 0 Å². The van der Waals surface area contributed by atoms with Gasteiger partial charge in [0.05, 0.1) is 6.07 Å². The predicted octanol–water partition coefficient (Wildman–Crippen LogP) is 4.34. The summed E-state index contributed by atoms with van der Waals surface area (Å²) in [5.74, 6) is 0. The first kappa shape index (κ1) is 15.7. The zero-order valence-corrected chi connectivity index (χ0v) is 13.6. The highest BCUT2D eigenvalue weighted by Gasteiger charge is 2.18. The molecule has 3 nitrogen and oxygen atoms in total. The summed E-state index contributed by atoms with van der Waals surface area (Å²) >= 11 is 0. The van der Waals surface area contributed by atoms with Crippen molar-refractivity contribution in [1.82, 2.24) is 0 Å². The third-order valence-corrected chi connectivity index (χ3v) is 4.35. The smallest absolute Gasteiger partial charge is 0.0621 e. The van der Waals surface area contributed by atoms with Crippen molar-refractivity contribution in [2.24, 2.45) is 5.41 Å². The maximum atomic E-state index is 8.72. The SMILES string of the molecule is Cc1cc(N2CCCC2)ccc1NCC(C)(C)CCC#N. The molecule has 0 amide bonds. The van der Waals surface area contributed by atoms with Crippen LogP contribution in [0.2, 0.25) is 0 Å². The van der Waals surface area contributed by atoms with Crippen LogP contribution in [0.4, 0.5) is 11.4 Å². The third kappa shape index (κ3) is 4.39. The molecule has 0 bridgehead atoms. The second kappa shape index (κ2) is 6.85. The lowest BCUT2D eigenvalue weighted by Gasteiger charge is -2.25. The molecule has 1 aliphatic rings. The van der Waals surface area contributed by atoms with Crippen LogP contribution >= 0.6 is 0 Å². The number of rotatable bonds is 6. The molecule has 1 aromatic carbocycles. The Morgan fingerprint density at radius 2 is 2.00 bits per heavy atom. The number of nitrogens with zero attached hydrogens (tertiary/aromatic N) is 2. The fourth-order valence-electron chi connectivity index (χ4n) is 2.84. The Morgan fingerprint density at radius 1 is 1.29 bits per heavy atom. The summed E-state index contributed by atoms with van der Waals surface area (Å²) in [4.78, 5) is 2.47. The van der Waals surface area contributed by atoms with Crippen molar-refractivity contribution in [3.63, 3.8) is 0 Å². The van der Waals surface area contributed by atoms with Crippen LogP contribution in [0, 0.1) is 23.7 Å². The van der Waals surface area contributed by atoms with E-state index in [-0.39, 0.29) is 5.41 Å². The molecule has 0 aromatic heterocycles. The zero-order chi connectivity index (χ0) is 15.3. The highest BCUT2D eigenvalue weighted by molar-refractivity contribution is 5.60. The second-order valence-corrected chi connectivity index (χ2v) is 6.87. The van der Waals surface area contributed by atoms with E-state index in [2.05, 4.69) is 55.3 Å². The maximum absolute atomic E-state index is 8.72. The summed E-state index contributed by atoms with van der Waals surface area (Å²) in [6.07, 6.45) is 4.18. The largest absolute Gasteiger partial charge is 0.384 e. The van der Waals surface area contributed by atoms with Crippen molar-refractivity contribution in [3.05, 3.63) is 23.8 Å². The number of hydrogen-bond donors (Lipinski definition) is 1. The van der Waals surface area contributed by atoms with Crippen molar-refractivity contribution in [2.75, 3.05) is 29.9 Å². The minimum Gasteiger partial charge on any atom is -0.384 e. The molecule has 1 heterocycles. The van der Waals surface area contributed by atoms with Crippen LogP contribution in [0.1, 0.15) is 45.1 Å². The summed E-state index contributed by atoms with van der Waals surface area (Å²) in [7, 11) is 0. The lowest BCUT2D eigenvalue weighted by Crippen LogP contribution is -2.23. The van der Waals surface area contributed by atoms with Gasteiger partial charge >= 0.3 is 0 Å². The van der Waals surface area contributed by atoms with E-state index in [1.807, 2.05) is 0 Å². The van der Waals surface area contributed by atoms with Gasteiger partial charge in [-0.3, -0.25) is 0 Å². The minimum atomic E-state index is 0.149. The topological polar surface area (TPSA) is 39.1 Å². The molecular weight excluding hydrogens is 258 g/mol. The van der Waals surface area contributed by atoms with Crippen molar-refractivity contribution < 1.29 is 0 Å². The van der Waals surface area contributed by atoms with Gasteiger partial charge < -0.3 is 10.2 Å².